The maximum absolute atomic E-state index is 11.3. The maximum atomic E-state index is 11.3. The molecule has 3 heteroatoms. The second-order valence-electron chi connectivity index (χ2n) is 2.60. The van der Waals surface area contributed by atoms with Crippen molar-refractivity contribution in [1.82, 2.24) is 0 Å². The van der Waals surface area contributed by atoms with Gasteiger partial charge in [-0.2, -0.15) is 0 Å². The molecule has 66 valence electrons. The smallest absolute Gasteiger partial charge is 0.166 e. The Balaban J connectivity index is 2.47. The summed E-state index contributed by atoms with van der Waals surface area (Å²) in [6, 6.07) is 3.91. The van der Waals surface area contributed by atoms with E-state index in [1.807, 2.05) is 17.5 Å². The van der Waals surface area contributed by atoms with Gasteiger partial charge in [0.15, 0.2) is 5.78 Å². The van der Waals surface area contributed by atoms with Gasteiger partial charge in [-0.1, -0.05) is 6.07 Å². The van der Waals surface area contributed by atoms with Gasteiger partial charge < -0.3 is 4.74 Å². The first kappa shape index (κ1) is 9.42. The lowest BCUT2D eigenvalue weighted by Crippen LogP contribution is -2.20. The van der Waals surface area contributed by atoms with E-state index >= 15 is 0 Å². The molecular weight excluding hydrogens is 172 g/mol. The zero-order valence-corrected chi connectivity index (χ0v) is 8.06. The van der Waals surface area contributed by atoms with Crippen LogP contribution < -0.4 is 0 Å². The Morgan fingerprint density at radius 3 is 3.00 bits per heavy atom. The highest BCUT2D eigenvalue weighted by atomic mass is 32.1. The number of carbonyl (C=O) groups is 1. The number of carbonyl (C=O) groups excluding carboxylic acids is 1. The van der Waals surface area contributed by atoms with Gasteiger partial charge >= 0.3 is 0 Å². The van der Waals surface area contributed by atoms with Gasteiger partial charge in [-0.05, 0) is 18.4 Å². The van der Waals surface area contributed by atoms with Crippen LogP contribution in [-0.2, 0) is 16.0 Å². The highest BCUT2D eigenvalue weighted by molar-refractivity contribution is 7.10. The third-order valence-electron chi connectivity index (χ3n) is 1.74. The number of ketones is 1. The van der Waals surface area contributed by atoms with Gasteiger partial charge in [0.25, 0.3) is 0 Å². The first-order valence-electron chi connectivity index (χ1n) is 3.82. The Hall–Kier alpha value is -0.670. The Bertz CT molecular complexity index is 241. The molecule has 0 aliphatic rings. The molecular formula is C9H12O2S. The van der Waals surface area contributed by atoms with Gasteiger partial charge in [-0.15, -0.1) is 11.3 Å². The molecule has 0 bridgehead atoms. The van der Waals surface area contributed by atoms with E-state index in [0.29, 0.717) is 6.42 Å². The minimum atomic E-state index is -0.285. The minimum absolute atomic E-state index is 0.139. The summed E-state index contributed by atoms with van der Waals surface area (Å²) in [6.45, 7) is 1.77. The predicted molar refractivity (Wildman–Crippen MR) is 49.5 cm³/mol. The van der Waals surface area contributed by atoms with Crippen molar-refractivity contribution in [2.75, 3.05) is 7.11 Å². The van der Waals surface area contributed by atoms with Crippen molar-refractivity contribution in [2.45, 2.75) is 19.4 Å². The molecule has 1 rings (SSSR count). The number of methoxy groups -OCH3 is 1. The molecule has 1 aromatic heterocycles. The lowest BCUT2D eigenvalue weighted by molar-refractivity contribution is -0.127. The van der Waals surface area contributed by atoms with Crippen molar-refractivity contribution in [3.8, 4) is 0 Å². The molecule has 1 aromatic rings. The van der Waals surface area contributed by atoms with Crippen LogP contribution in [0.3, 0.4) is 0 Å². The van der Waals surface area contributed by atoms with E-state index in [-0.39, 0.29) is 11.9 Å². The van der Waals surface area contributed by atoms with Crippen LogP contribution in [0.4, 0.5) is 0 Å². The molecule has 0 aliphatic carbocycles. The Morgan fingerprint density at radius 2 is 2.50 bits per heavy atom. The Labute approximate surface area is 76.2 Å². The largest absolute Gasteiger partial charge is 0.374 e. The van der Waals surface area contributed by atoms with Gasteiger partial charge in [0, 0.05) is 18.4 Å². The standard InChI is InChI=1S/C9H12O2S/c1-7(11-2)9(10)6-8-4-3-5-12-8/h3-5,7H,6H2,1-2H3. The molecule has 12 heavy (non-hydrogen) atoms. The van der Waals surface area contributed by atoms with Gasteiger partial charge in [-0.3, -0.25) is 4.79 Å². The molecule has 0 N–H and O–H groups in total. The normalized spacial score (nSPS) is 12.8. The van der Waals surface area contributed by atoms with Crippen LogP contribution in [-0.4, -0.2) is 19.0 Å². The van der Waals surface area contributed by atoms with Crippen LogP contribution in [0.1, 0.15) is 11.8 Å². The number of Topliss-reactive ketones (excluding diaryl/α,β-unsaturated/α-hetero) is 1. The van der Waals surface area contributed by atoms with Crippen LogP contribution in [0.2, 0.25) is 0 Å². The molecule has 0 saturated carbocycles. The summed E-state index contributed by atoms with van der Waals surface area (Å²) in [5, 5.41) is 1.97. The van der Waals surface area contributed by atoms with E-state index < -0.39 is 0 Å². The van der Waals surface area contributed by atoms with Crippen molar-refractivity contribution >= 4 is 17.1 Å². The SMILES string of the molecule is COC(C)C(=O)Cc1cccs1. The molecule has 1 unspecified atom stereocenters. The summed E-state index contributed by atoms with van der Waals surface area (Å²) < 4.78 is 4.92. The zero-order valence-electron chi connectivity index (χ0n) is 7.24. The number of thiophene rings is 1. The monoisotopic (exact) mass is 184 g/mol. The molecule has 0 amide bonds. The van der Waals surface area contributed by atoms with E-state index in [4.69, 9.17) is 4.74 Å². The van der Waals surface area contributed by atoms with Crippen molar-refractivity contribution in [1.29, 1.82) is 0 Å². The number of hydrogen-bond donors (Lipinski definition) is 0. The maximum Gasteiger partial charge on any atom is 0.166 e. The topological polar surface area (TPSA) is 26.3 Å². The summed E-state index contributed by atoms with van der Waals surface area (Å²) in [4.78, 5) is 12.4. The minimum Gasteiger partial charge on any atom is -0.374 e. The van der Waals surface area contributed by atoms with Crippen molar-refractivity contribution in [3.05, 3.63) is 22.4 Å². The van der Waals surface area contributed by atoms with E-state index in [9.17, 15) is 4.79 Å². The zero-order chi connectivity index (χ0) is 8.97. The average molecular weight is 184 g/mol. The van der Waals surface area contributed by atoms with Gasteiger partial charge in [0.05, 0.1) is 0 Å². The number of rotatable bonds is 4. The van der Waals surface area contributed by atoms with E-state index in [1.54, 1.807) is 25.4 Å². The van der Waals surface area contributed by atoms with Crippen LogP contribution in [0.15, 0.2) is 17.5 Å². The average Bonchev–Trinajstić information content (AvgIpc) is 2.55. The molecule has 0 aliphatic heterocycles. The summed E-state index contributed by atoms with van der Waals surface area (Å²) in [7, 11) is 1.55. The van der Waals surface area contributed by atoms with Crippen LogP contribution in [0, 0.1) is 0 Å². The number of ether oxygens (including phenoxy) is 1. The van der Waals surface area contributed by atoms with Gasteiger partial charge in [0.2, 0.25) is 0 Å². The quantitative estimate of drug-likeness (QED) is 0.714. The van der Waals surface area contributed by atoms with Crippen molar-refractivity contribution in [2.24, 2.45) is 0 Å². The summed E-state index contributed by atoms with van der Waals surface area (Å²) in [5.41, 5.74) is 0. The first-order valence-corrected chi connectivity index (χ1v) is 4.70. The third-order valence-corrected chi connectivity index (χ3v) is 2.61. The predicted octanol–water partition coefficient (Wildman–Crippen LogP) is 1.89. The second kappa shape index (κ2) is 4.38. The first-order chi connectivity index (χ1) is 5.74. The summed E-state index contributed by atoms with van der Waals surface area (Å²) >= 11 is 1.60. The molecule has 2 nitrogen and oxygen atoms in total. The summed E-state index contributed by atoms with van der Waals surface area (Å²) in [5.74, 6) is 0.139. The second-order valence-corrected chi connectivity index (χ2v) is 3.63. The molecule has 0 saturated heterocycles. The molecule has 0 spiro atoms. The summed E-state index contributed by atoms with van der Waals surface area (Å²) in [6.07, 6.45) is 0.208. The van der Waals surface area contributed by atoms with Gasteiger partial charge in [-0.25, -0.2) is 0 Å². The van der Waals surface area contributed by atoms with E-state index in [1.165, 1.54) is 0 Å². The lowest BCUT2D eigenvalue weighted by atomic mass is 10.2. The van der Waals surface area contributed by atoms with Crippen LogP contribution in [0.5, 0.6) is 0 Å². The molecule has 0 aromatic carbocycles. The van der Waals surface area contributed by atoms with Gasteiger partial charge in [0.1, 0.15) is 6.10 Å². The molecule has 0 fully saturated rings. The third kappa shape index (κ3) is 2.43. The lowest BCUT2D eigenvalue weighted by Gasteiger charge is -2.05. The molecule has 1 heterocycles. The molecule has 1 atom stereocenters. The Morgan fingerprint density at radius 1 is 1.75 bits per heavy atom. The van der Waals surface area contributed by atoms with Crippen molar-refractivity contribution < 1.29 is 9.53 Å². The van der Waals surface area contributed by atoms with E-state index in [2.05, 4.69) is 0 Å². The number of hydrogen-bond acceptors (Lipinski definition) is 3. The Kier molecular flexibility index (Phi) is 3.44. The fourth-order valence-corrected chi connectivity index (χ4v) is 1.57. The van der Waals surface area contributed by atoms with Crippen molar-refractivity contribution in [3.63, 3.8) is 0 Å². The highest BCUT2D eigenvalue weighted by Gasteiger charge is 2.12. The highest BCUT2D eigenvalue weighted by Crippen LogP contribution is 2.10. The molecule has 0 radical (unpaired) electrons. The fourth-order valence-electron chi connectivity index (χ4n) is 0.860. The van der Waals surface area contributed by atoms with Crippen LogP contribution >= 0.6 is 11.3 Å². The van der Waals surface area contributed by atoms with E-state index in [0.717, 1.165) is 4.88 Å². The fraction of sp³-hybridized carbons (Fsp3) is 0.444. The van der Waals surface area contributed by atoms with Crippen LogP contribution in [0.25, 0.3) is 0 Å².